The highest BCUT2D eigenvalue weighted by Crippen LogP contribution is 2.22. The third kappa shape index (κ3) is 7.87. The van der Waals surface area contributed by atoms with E-state index in [1.165, 1.54) is 24.3 Å². The lowest BCUT2D eigenvalue weighted by Gasteiger charge is -2.11. The van der Waals surface area contributed by atoms with Gasteiger partial charge in [-0.15, -0.1) is 13.2 Å². The number of hydrogen-bond acceptors (Lipinski definition) is 3. The van der Waals surface area contributed by atoms with Crippen LogP contribution in [0.1, 0.15) is 30.0 Å². The van der Waals surface area contributed by atoms with E-state index in [9.17, 15) is 13.2 Å². The molecule has 0 aliphatic heterocycles. The fourth-order valence-corrected chi connectivity index (χ4v) is 2.41. The molecule has 0 fully saturated rings. The van der Waals surface area contributed by atoms with E-state index >= 15 is 0 Å². The molecular formula is C20H24F3N3O2. The molecule has 0 aliphatic carbocycles. The normalized spacial score (nSPS) is 12.1. The molecule has 5 nitrogen and oxygen atoms in total. The zero-order valence-corrected chi connectivity index (χ0v) is 15.6. The van der Waals surface area contributed by atoms with Crippen molar-refractivity contribution >= 4 is 5.96 Å². The number of alkyl halides is 3. The molecule has 0 spiro atoms. The van der Waals surface area contributed by atoms with Crippen molar-refractivity contribution in [2.24, 2.45) is 10.7 Å². The van der Waals surface area contributed by atoms with Gasteiger partial charge in [0.1, 0.15) is 5.75 Å². The number of hydrogen-bond donors (Lipinski definition) is 2. The highest BCUT2D eigenvalue weighted by Gasteiger charge is 2.30. The summed E-state index contributed by atoms with van der Waals surface area (Å²) in [5.74, 6) is -0.0203. The summed E-state index contributed by atoms with van der Waals surface area (Å²) in [6.45, 7) is 4.04. The average molecular weight is 395 g/mol. The fraction of sp³-hybridized carbons (Fsp3) is 0.350. The Bertz CT molecular complexity index is 762. The van der Waals surface area contributed by atoms with E-state index in [0.717, 1.165) is 17.5 Å². The van der Waals surface area contributed by atoms with Crippen molar-refractivity contribution < 1.29 is 22.6 Å². The van der Waals surface area contributed by atoms with Gasteiger partial charge >= 0.3 is 6.36 Å². The molecule has 0 radical (unpaired) electrons. The van der Waals surface area contributed by atoms with Crippen LogP contribution in [0.15, 0.2) is 53.5 Å². The molecule has 0 amide bonds. The molecule has 152 valence electrons. The van der Waals surface area contributed by atoms with Crippen LogP contribution in [0.25, 0.3) is 0 Å². The van der Waals surface area contributed by atoms with Crippen LogP contribution in [-0.2, 0) is 24.4 Å². The van der Waals surface area contributed by atoms with Gasteiger partial charge in [-0.3, -0.25) is 0 Å². The van der Waals surface area contributed by atoms with E-state index in [1.54, 1.807) is 0 Å². The average Bonchev–Trinajstić information content (AvgIpc) is 2.65. The lowest BCUT2D eigenvalue weighted by atomic mass is 10.1. The van der Waals surface area contributed by atoms with Gasteiger partial charge in [-0.25, -0.2) is 4.99 Å². The second-order valence-corrected chi connectivity index (χ2v) is 6.07. The van der Waals surface area contributed by atoms with E-state index in [0.29, 0.717) is 25.3 Å². The van der Waals surface area contributed by atoms with E-state index in [2.05, 4.69) is 22.0 Å². The van der Waals surface area contributed by atoms with Gasteiger partial charge in [0, 0.05) is 13.2 Å². The topological polar surface area (TPSA) is 68.9 Å². The standard InChI is InChI=1S/C20H24F3N3O2/c1-2-11-27-14-17-6-4-3-5-16(17)13-26-19(24)25-12-15-7-9-18(10-8-15)28-20(21,22)23/h3-10H,2,11-14H2,1H3,(H3,24,25,26). The third-order valence-corrected chi connectivity index (χ3v) is 3.77. The Labute approximate surface area is 162 Å². The van der Waals surface area contributed by atoms with Gasteiger partial charge in [-0.05, 0) is 35.2 Å². The Morgan fingerprint density at radius 2 is 1.75 bits per heavy atom. The Morgan fingerprint density at radius 1 is 1.07 bits per heavy atom. The SMILES string of the molecule is CCCOCc1ccccc1CNC(N)=NCc1ccc(OC(F)(F)F)cc1. The molecule has 0 heterocycles. The first-order valence-electron chi connectivity index (χ1n) is 8.90. The predicted molar refractivity (Wildman–Crippen MR) is 102 cm³/mol. The molecular weight excluding hydrogens is 371 g/mol. The summed E-state index contributed by atoms with van der Waals surface area (Å²) >= 11 is 0. The van der Waals surface area contributed by atoms with Gasteiger partial charge in [-0.2, -0.15) is 0 Å². The van der Waals surface area contributed by atoms with Gasteiger partial charge in [-0.1, -0.05) is 43.3 Å². The molecule has 28 heavy (non-hydrogen) atoms. The van der Waals surface area contributed by atoms with Gasteiger partial charge < -0.3 is 20.5 Å². The highest BCUT2D eigenvalue weighted by atomic mass is 19.4. The van der Waals surface area contributed by atoms with Crippen molar-refractivity contribution in [3.05, 3.63) is 65.2 Å². The van der Waals surface area contributed by atoms with Crippen molar-refractivity contribution in [3.63, 3.8) is 0 Å². The maximum absolute atomic E-state index is 12.2. The molecule has 0 saturated heterocycles. The number of rotatable bonds is 9. The number of benzene rings is 2. The molecule has 3 N–H and O–H groups in total. The Kier molecular flexibility index (Phi) is 8.13. The summed E-state index contributed by atoms with van der Waals surface area (Å²) in [4.78, 5) is 4.21. The van der Waals surface area contributed by atoms with Gasteiger partial charge in [0.05, 0.1) is 13.2 Å². The molecule has 0 aliphatic rings. The van der Waals surface area contributed by atoms with E-state index in [4.69, 9.17) is 10.5 Å². The number of nitrogens with two attached hydrogens (primary N) is 1. The minimum Gasteiger partial charge on any atom is -0.406 e. The largest absolute Gasteiger partial charge is 0.573 e. The van der Waals surface area contributed by atoms with Crippen LogP contribution >= 0.6 is 0 Å². The first-order chi connectivity index (χ1) is 13.4. The van der Waals surface area contributed by atoms with Crippen LogP contribution in [0, 0.1) is 0 Å². The summed E-state index contributed by atoms with van der Waals surface area (Å²) in [6, 6.07) is 13.4. The molecule has 2 aromatic carbocycles. The van der Waals surface area contributed by atoms with Crippen LogP contribution < -0.4 is 15.8 Å². The number of halogens is 3. The molecule has 0 atom stereocenters. The minimum atomic E-state index is -4.70. The van der Waals surface area contributed by atoms with E-state index in [-0.39, 0.29) is 18.3 Å². The second kappa shape index (κ2) is 10.6. The second-order valence-electron chi connectivity index (χ2n) is 6.07. The Balaban J connectivity index is 1.86. The smallest absolute Gasteiger partial charge is 0.406 e. The van der Waals surface area contributed by atoms with Crippen LogP contribution in [0.5, 0.6) is 5.75 Å². The molecule has 0 unspecified atom stereocenters. The summed E-state index contributed by atoms with van der Waals surface area (Å²) in [5, 5.41) is 3.04. The van der Waals surface area contributed by atoms with Gasteiger partial charge in [0.25, 0.3) is 0 Å². The summed E-state index contributed by atoms with van der Waals surface area (Å²) in [7, 11) is 0. The lowest BCUT2D eigenvalue weighted by molar-refractivity contribution is -0.274. The zero-order valence-electron chi connectivity index (χ0n) is 15.6. The maximum Gasteiger partial charge on any atom is 0.573 e. The summed E-state index contributed by atoms with van der Waals surface area (Å²) in [5.41, 5.74) is 8.74. The molecule has 0 aromatic heterocycles. The third-order valence-electron chi connectivity index (χ3n) is 3.77. The number of nitrogens with one attached hydrogen (secondary N) is 1. The summed E-state index contributed by atoms with van der Waals surface area (Å²) in [6.07, 6.45) is -3.74. The van der Waals surface area contributed by atoms with Gasteiger partial charge in [0.2, 0.25) is 0 Å². The molecule has 8 heteroatoms. The highest BCUT2D eigenvalue weighted by molar-refractivity contribution is 5.77. The molecule has 2 aromatic rings. The van der Waals surface area contributed by atoms with Crippen molar-refractivity contribution in [1.29, 1.82) is 0 Å². The van der Waals surface area contributed by atoms with Crippen molar-refractivity contribution in [1.82, 2.24) is 5.32 Å². The first kappa shape index (κ1) is 21.6. The van der Waals surface area contributed by atoms with Crippen molar-refractivity contribution in [2.45, 2.75) is 39.4 Å². The van der Waals surface area contributed by atoms with Gasteiger partial charge in [0.15, 0.2) is 5.96 Å². The fourth-order valence-electron chi connectivity index (χ4n) is 2.41. The quantitative estimate of drug-likeness (QED) is 0.381. The number of guanidine groups is 1. The monoisotopic (exact) mass is 395 g/mol. The van der Waals surface area contributed by atoms with Crippen LogP contribution in [0.3, 0.4) is 0 Å². The van der Waals surface area contributed by atoms with Crippen LogP contribution in [0.2, 0.25) is 0 Å². The lowest BCUT2D eigenvalue weighted by Crippen LogP contribution is -2.31. The number of nitrogens with zero attached hydrogens (tertiary/aromatic N) is 1. The summed E-state index contributed by atoms with van der Waals surface area (Å²) < 4.78 is 45.9. The Morgan fingerprint density at radius 3 is 2.39 bits per heavy atom. The van der Waals surface area contributed by atoms with Crippen LogP contribution in [0.4, 0.5) is 13.2 Å². The first-order valence-corrected chi connectivity index (χ1v) is 8.90. The molecule has 2 rings (SSSR count). The van der Waals surface area contributed by atoms with E-state index in [1.807, 2.05) is 24.3 Å². The number of ether oxygens (including phenoxy) is 2. The van der Waals surface area contributed by atoms with E-state index < -0.39 is 6.36 Å². The molecule has 0 saturated carbocycles. The predicted octanol–water partition coefficient (Wildman–Crippen LogP) is 4.12. The Hall–Kier alpha value is -2.74. The maximum atomic E-state index is 12.2. The van der Waals surface area contributed by atoms with Crippen LogP contribution in [-0.4, -0.2) is 18.9 Å². The zero-order chi connectivity index (χ0) is 20.4. The van der Waals surface area contributed by atoms with Crippen molar-refractivity contribution in [3.8, 4) is 5.75 Å². The minimum absolute atomic E-state index is 0.242. The molecule has 0 bridgehead atoms. The van der Waals surface area contributed by atoms with Crippen molar-refractivity contribution in [2.75, 3.05) is 6.61 Å². The number of aliphatic imine (C=N–C) groups is 1.